The molecule has 3 rings (SSSR count). The summed E-state index contributed by atoms with van der Waals surface area (Å²) < 4.78 is 9.56. The van der Waals surface area contributed by atoms with Gasteiger partial charge < -0.3 is 4.98 Å². The summed E-state index contributed by atoms with van der Waals surface area (Å²) in [7, 11) is -0.611. The van der Waals surface area contributed by atoms with Crippen LogP contribution in [0.2, 0.25) is 0 Å². The maximum atomic E-state index is 9.56. The number of hydrogen-bond donors (Lipinski definition) is 0. The van der Waals surface area contributed by atoms with E-state index in [1.165, 1.54) is 0 Å². The predicted molar refractivity (Wildman–Crippen MR) is 92.8 cm³/mol. The van der Waals surface area contributed by atoms with E-state index in [9.17, 15) is 4.21 Å². The van der Waals surface area contributed by atoms with Crippen molar-refractivity contribution in [3.8, 4) is 22.5 Å². The Morgan fingerprint density at radius 3 is 1.57 bits per heavy atom. The molecule has 0 aliphatic rings. The van der Waals surface area contributed by atoms with Gasteiger partial charge in [-0.15, -0.1) is 71.8 Å². The fourth-order valence-corrected chi connectivity index (χ4v) is 1.84. The van der Waals surface area contributed by atoms with Crippen molar-refractivity contribution >= 4 is 10.8 Å². The molecule has 0 amide bonds. The van der Waals surface area contributed by atoms with Crippen molar-refractivity contribution in [2.24, 2.45) is 0 Å². The SMILES string of the molecule is CS(C)=O.[Pt+2].[c-]1ccccc1-c1cccc(-c2[c-]cccc2)n1. The number of nitrogens with zero attached hydrogens (tertiary/aromatic N) is 1. The molecule has 1 heterocycles. The fraction of sp³-hybridized carbons (Fsp3) is 0.105. The summed E-state index contributed by atoms with van der Waals surface area (Å²) in [5.41, 5.74) is 3.89. The van der Waals surface area contributed by atoms with E-state index in [-0.39, 0.29) is 21.1 Å². The minimum Gasteiger partial charge on any atom is -0.345 e. The second-order valence-corrected chi connectivity index (χ2v) is 6.19. The van der Waals surface area contributed by atoms with Crippen LogP contribution in [0.1, 0.15) is 0 Å². The molecule has 0 saturated heterocycles. The molecule has 0 N–H and O–H groups in total. The third kappa shape index (κ3) is 6.60. The van der Waals surface area contributed by atoms with Crippen molar-refractivity contribution in [3.63, 3.8) is 0 Å². The maximum absolute atomic E-state index is 9.56. The van der Waals surface area contributed by atoms with Gasteiger partial charge in [-0.05, 0) is 11.4 Å². The molecule has 0 spiro atoms. The van der Waals surface area contributed by atoms with Gasteiger partial charge >= 0.3 is 21.1 Å². The maximum Gasteiger partial charge on any atom is 2.00 e. The Morgan fingerprint density at radius 1 is 0.783 bits per heavy atom. The van der Waals surface area contributed by atoms with Crippen molar-refractivity contribution < 1.29 is 25.3 Å². The van der Waals surface area contributed by atoms with Gasteiger partial charge in [0.05, 0.1) is 0 Å². The molecule has 2 aromatic carbocycles. The summed E-state index contributed by atoms with van der Waals surface area (Å²) in [6.45, 7) is 0. The first-order valence-corrected chi connectivity index (χ1v) is 8.80. The molecule has 120 valence electrons. The molecule has 1 aromatic heterocycles. The van der Waals surface area contributed by atoms with Crippen LogP contribution in [0.4, 0.5) is 0 Å². The summed E-state index contributed by atoms with van der Waals surface area (Å²) >= 11 is 0. The Hall–Kier alpha value is -1.57. The van der Waals surface area contributed by atoms with Gasteiger partial charge in [-0.3, -0.25) is 4.21 Å². The van der Waals surface area contributed by atoms with Gasteiger partial charge in [-0.2, -0.15) is 0 Å². The van der Waals surface area contributed by atoms with E-state index >= 15 is 0 Å². The van der Waals surface area contributed by atoms with E-state index in [4.69, 9.17) is 0 Å². The molecule has 0 unspecified atom stereocenters. The second-order valence-electron chi connectivity index (χ2n) is 4.70. The molecule has 0 bridgehead atoms. The Labute approximate surface area is 154 Å². The molecule has 3 aromatic rings. The zero-order valence-electron chi connectivity index (χ0n) is 12.9. The molecule has 23 heavy (non-hydrogen) atoms. The molecule has 0 aliphatic heterocycles. The molecule has 0 fully saturated rings. The summed E-state index contributed by atoms with van der Waals surface area (Å²) in [6, 6.07) is 28.1. The van der Waals surface area contributed by atoms with Gasteiger partial charge in [0.25, 0.3) is 0 Å². The Kier molecular flexibility index (Phi) is 8.68. The van der Waals surface area contributed by atoms with Gasteiger partial charge in [0, 0.05) is 23.3 Å². The number of pyridine rings is 1. The Bertz CT molecular complexity index is 674. The van der Waals surface area contributed by atoms with E-state index in [0.29, 0.717) is 0 Å². The Morgan fingerprint density at radius 2 is 1.22 bits per heavy atom. The quantitative estimate of drug-likeness (QED) is 0.496. The van der Waals surface area contributed by atoms with Gasteiger partial charge in [0.1, 0.15) is 0 Å². The van der Waals surface area contributed by atoms with Crippen LogP contribution in [0.5, 0.6) is 0 Å². The summed E-state index contributed by atoms with van der Waals surface area (Å²) in [6.07, 6.45) is 3.28. The molecule has 0 atom stereocenters. The average molecular weight is 502 g/mol. The van der Waals surface area contributed by atoms with Crippen molar-refractivity contribution in [1.29, 1.82) is 0 Å². The van der Waals surface area contributed by atoms with Gasteiger partial charge in [0.2, 0.25) is 0 Å². The van der Waals surface area contributed by atoms with E-state index in [2.05, 4.69) is 17.1 Å². The topological polar surface area (TPSA) is 30.0 Å². The van der Waals surface area contributed by atoms with E-state index in [0.717, 1.165) is 22.5 Å². The summed E-state index contributed by atoms with van der Waals surface area (Å²) in [5, 5.41) is 0. The number of rotatable bonds is 2. The minimum atomic E-state index is -0.611. The normalized spacial score (nSPS) is 9.52. The molecule has 2 nitrogen and oxygen atoms in total. The molecule has 0 saturated carbocycles. The smallest absolute Gasteiger partial charge is 0.345 e. The summed E-state index contributed by atoms with van der Waals surface area (Å²) in [5.74, 6) is 0. The van der Waals surface area contributed by atoms with Crippen molar-refractivity contribution in [1.82, 2.24) is 4.98 Å². The van der Waals surface area contributed by atoms with E-state index < -0.39 is 10.8 Å². The third-order valence-corrected chi connectivity index (χ3v) is 2.72. The first kappa shape index (κ1) is 19.5. The molecule has 0 radical (unpaired) electrons. The first-order chi connectivity index (χ1) is 10.7. The van der Waals surface area contributed by atoms with Gasteiger partial charge in [-0.25, -0.2) is 0 Å². The van der Waals surface area contributed by atoms with Crippen molar-refractivity contribution in [3.05, 3.63) is 78.9 Å². The Balaban J connectivity index is 0.000000478. The molecule has 4 heteroatoms. The largest absolute Gasteiger partial charge is 2.00 e. The average Bonchev–Trinajstić information content (AvgIpc) is 2.56. The van der Waals surface area contributed by atoms with Gasteiger partial charge in [-0.1, -0.05) is 18.2 Å². The number of hydrogen-bond acceptors (Lipinski definition) is 2. The molecule has 0 aliphatic carbocycles. The molecular formula is C19H17NOPtS. The third-order valence-electron chi connectivity index (χ3n) is 2.72. The van der Waals surface area contributed by atoms with Crippen LogP contribution >= 0.6 is 0 Å². The number of aromatic nitrogens is 1. The van der Waals surface area contributed by atoms with Crippen LogP contribution in [-0.4, -0.2) is 21.7 Å². The van der Waals surface area contributed by atoms with Crippen LogP contribution in [0, 0.1) is 12.1 Å². The van der Waals surface area contributed by atoms with E-state index in [1.54, 1.807) is 12.5 Å². The zero-order chi connectivity index (χ0) is 15.8. The monoisotopic (exact) mass is 502 g/mol. The van der Waals surface area contributed by atoms with E-state index in [1.807, 2.05) is 66.7 Å². The minimum absolute atomic E-state index is 0. The molecular weight excluding hydrogens is 485 g/mol. The fourth-order valence-electron chi connectivity index (χ4n) is 1.84. The van der Waals surface area contributed by atoms with Gasteiger partial charge in [0.15, 0.2) is 0 Å². The van der Waals surface area contributed by atoms with Crippen LogP contribution in [0.3, 0.4) is 0 Å². The van der Waals surface area contributed by atoms with Crippen LogP contribution < -0.4 is 0 Å². The van der Waals surface area contributed by atoms with Crippen LogP contribution in [0.15, 0.2) is 66.7 Å². The van der Waals surface area contributed by atoms with Crippen LogP contribution in [-0.2, 0) is 31.9 Å². The summed E-state index contributed by atoms with van der Waals surface area (Å²) in [4.78, 5) is 4.65. The first-order valence-electron chi connectivity index (χ1n) is 6.83. The second kappa shape index (κ2) is 10.2. The predicted octanol–water partition coefficient (Wildman–Crippen LogP) is 4.01. The zero-order valence-corrected chi connectivity index (χ0v) is 16.0. The standard InChI is InChI=1S/C17H11N.C2H6OS.Pt/c1-3-8-14(9-4-1)16-12-7-13-17(18-16)15-10-5-2-6-11-15;1-4(2)3;/h1-8,10,12-13H;1-2H3;/q-2;;+2. The van der Waals surface area contributed by atoms with Crippen LogP contribution in [0.25, 0.3) is 22.5 Å². The van der Waals surface area contributed by atoms with Crippen molar-refractivity contribution in [2.75, 3.05) is 12.5 Å². The number of benzene rings is 2. The van der Waals surface area contributed by atoms with Crippen molar-refractivity contribution in [2.45, 2.75) is 0 Å².